The third-order valence-electron chi connectivity index (χ3n) is 4.45. The Morgan fingerprint density at radius 3 is 2.70 bits per heavy atom. The van der Waals surface area contributed by atoms with Crippen LogP contribution in [0.25, 0.3) is 10.6 Å². The van der Waals surface area contributed by atoms with E-state index in [0.29, 0.717) is 17.9 Å². The molecule has 7 nitrogen and oxygen atoms in total. The molecule has 30 heavy (non-hydrogen) atoms. The molecule has 1 aromatic carbocycles. The van der Waals surface area contributed by atoms with Gasteiger partial charge >= 0.3 is 5.97 Å². The van der Waals surface area contributed by atoms with Crippen molar-refractivity contribution in [2.75, 3.05) is 5.32 Å². The van der Waals surface area contributed by atoms with Gasteiger partial charge in [0.1, 0.15) is 10.7 Å². The highest BCUT2D eigenvalue weighted by molar-refractivity contribution is 7.13. The molecule has 0 unspecified atom stereocenters. The number of carboxylic acid groups (broad SMARTS) is 1. The number of nitrogens with zero attached hydrogens (tertiary/aromatic N) is 3. The van der Waals surface area contributed by atoms with E-state index in [-0.39, 0.29) is 11.5 Å². The lowest BCUT2D eigenvalue weighted by Crippen LogP contribution is -2.17. The summed E-state index contributed by atoms with van der Waals surface area (Å²) in [5.74, 6) is -1.28. The number of amides is 1. The molecule has 0 bridgehead atoms. The first-order valence-corrected chi connectivity index (χ1v) is 10.0. The maximum Gasteiger partial charge on any atom is 0.335 e. The van der Waals surface area contributed by atoms with Crippen LogP contribution in [0.2, 0.25) is 0 Å². The Morgan fingerprint density at radius 2 is 2.00 bits per heavy atom. The number of carbonyl (C=O) groups excluding carboxylic acids is 1. The second kappa shape index (κ2) is 8.30. The molecule has 4 aromatic rings. The van der Waals surface area contributed by atoms with E-state index in [4.69, 9.17) is 5.11 Å². The monoisotopic (exact) mass is 418 g/mol. The van der Waals surface area contributed by atoms with Gasteiger partial charge in [-0.2, -0.15) is 0 Å². The summed E-state index contributed by atoms with van der Waals surface area (Å²) in [6.07, 6.45) is 5.41. The first-order chi connectivity index (χ1) is 14.5. The Morgan fingerprint density at radius 1 is 1.20 bits per heavy atom. The first-order valence-electron chi connectivity index (χ1n) is 9.16. The Labute approximate surface area is 176 Å². The van der Waals surface area contributed by atoms with Gasteiger partial charge in [0.25, 0.3) is 5.91 Å². The molecule has 4 rings (SSSR count). The number of nitrogens with one attached hydrogen (secondary N) is 1. The number of carboxylic acids is 1. The van der Waals surface area contributed by atoms with Crippen LogP contribution in [0.4, 0.5) is 5.69 Å². The Hall–Kier alpha value is -3.78. The van der Waals surface area contributed by atoms with Crippen molar-refractivity contribution in [2.24, 2.45) is 0 Å². The summed E-state index contributed by atoms with van der Waals surface area (Å²) in [5.41, 5.74) is 3.98. The molecule has 0 fully saturated rings. The average Bonchev–Trinajstić information content (AvgIpc) is 3.36. The topological polar surface area (TPSA) is 97.1 Å². The molecule has 0 saturated carbocycles. The van der Waals surface area contributed by atoms with E-state index in [1.54, 1.807) is 24.5 Å². The van der Waals surface area contributed by atoms with Crippen LogP contribution >= 0.6 is 11.3 Å². The zero-order valence-corrected chi connectivity index (χ0v) is 16.9. The van der Waals surface area contributed by atoms with Gasteiger partial charge in [0.2, 0.25) is 0 Å². The maximum absolute atomic E-state index is 12.8. The molecule has 0 saturated heterocycles. The standard InChI is InChI=1S/C22H18N4O3S/c1-14-9-19(20(27)24-17-6-4-15(5-7-17)22(28)29)26(11-14)12-18-13-30-21(25-18)16-3-2-8-23-10-16/h2-11,13H,12H2,1H3,(H,24,27)(H,28,29). The first kappa shape index (κ1) is 19.5. The predicted octanol–water partition coefficient (Wildman–Crippen LogP) is 4.31. The van der Waals surface area contributed by atoms with Crippen LogP contribution in [0, 0.1) is 6.92 Å². The second-order valence-electron chi connectivity index (χ2n) is 6.75. The largest absolute Gasteiger partial charge is 0.478 e. The zero-order valence-electron chi connectivity index (χ0n) is 16.1. The summed E-state index contributed by atoms with van der Waals surface area (Å²) in [6.45, 7) is 2.39. The van der Waals surface area contributed by atoms with Crippen LogP contribution in [-0.2, 0) is 6.54 Å². The molecule has 150 valence electrons. The molecule has 8 heteroatoms. The smallest absolute Gasteiger partial charge is 0.335 e. The molecule has 3 aromatic heterocycles. The number of hydrogen-bond donors (Lipinski definition) is 2. The fourth-order valence-electron chi connectivity index (χ4n) is 3.05. The number of carbonyl (C=O) groups is 2. The fraction of sp³-hybridized carbons (Fsp3) is 0.0909. The van der Waals surface area contributed by atoms with E-state index >= 15 is 0 Å². The quantitative estimate of drug-likeness (QED) is 0.486. The van der Waals surface area contributed by atoms with Crippen LogP contribution in [0.5, 0.6) is 0 Å². The number of aryl methyl sites for hydroxylation is 1. The van der Waals surface area contributed by atoms with Crippen LogP contribution in [0.15, 0.2) is 66.4 Å². The van der Waals surface area contributed by atoms with E-state index in [1.807, 2.05) is 41.3 Å². The highest BCUT2D eigenvalue weighted by Gasteiger charge is 2.15. The predicted molar refractivity (Wildman–Crippen MR) is 115 cm³/mol. The molecule has 0 aliphatic heterocycles. The summed E-state index contributed by atoms with van der Waals surface area (Å²) >= 11 is 1.54. The number of hydrogen-bond acceptors (Lipinski definition) is 5. The molecule has 0 aliphatic carbocycles. The van der Waals surface area contributed by atoms with Crippen molar-refractivity contribution < 1.29 is 14.7 Å². The normalized spacial score (nSPS) is 10.7. The summed E-state index contributed by atoms with van der Waals surface area (Å²) in [5, 5.41) is 14.7. The average molecular weight is 418 g/mol. The Bertz CT molecular complexity index is 1200. The molecule has 0 radical (unpaired) electrons. The third-order valence-corrected chi connectivity index (χ3v) is 5.39. The van der Waals surface area contributed by atoms with Gasteiger partial charge in [0.05, 0.1) is 17.8 Å². The van der Waals surface area contributed by atoms with E-state index in [2.05, 4.69) is 15.3 Å². The van der Waals surface area contributed by atoms with Crippen molar-refractivity contribution in [1.29, 1.82) is 0 Å². The van der Waals surface area contributed by atoms with Gasteiger partial charge in [0.15, 0.2) is 0 Å². The lowest BCUT2D eigenvalue weighted by molar-refractivity contribution is 0.0696. The van der Waals surface area contributed by atoms with E-state index < -0.39 is 5.97 Å². The van der Waals surface area contributed by atoms with Crippen LogP contribution < -0.4 is 5.32 Å². The summed E-state index contributed by atoms with van der Waals surface area (Å²) < 4.78 is 1.86. The number of thiazole rings is 1. The Kier molecular flexibility index (Phi) is 5.40. The lowest BCUT2D eigenvalue weighted by atomic mass is 10.2. The van der Waals surface area contributed by atoms with Gasteiger partial charge in [0, 0.05) is 35.2 Å². The van der Waals surface area contributed by atoms with Crippen molar-refractivity contribution in [1.82, 2.24) is 14.5 Å². The number of aromatic nitrogens is 3. The SMILES string of the molecule is Cc1cc(C(=O)Nc2ccc(C(=O)O)cc2)n(Cc2csc(-c3cccnc3)n2)c1. The fourth-order valence-corrected chi connectivity index (χ4v) is 3.85. The minimum absolute atomic E-state index is 0.167. The number of pyridine rings is 1. The highest BCUT2D eigenvalue weighted by Crippen LogP contribution is 2.24. The van der Waals surface area contributed by atoms with Crippen molar-refractivity contribution >= 4 is 28.9 Å². The highest BCUT2D eigenvalue weighted by atomic mass is 32.1. The van der Waals surface area contributed by atoms with Gasteiger partial charge in [-0.1, -0.05) is 0 Å². The third kappa shape index (κ3) is 4.28. The number of anilines is 1. The van der Waals surface area contributed by atoms with E-state index in [9.17, 15) is 9.59 Å². The minimum atomic E-state index is -1.01. The molecule has 2 N–H and O–H groups in total. The van der Waals surface area contributed by atoms with Gasteiger partial charge in [-0.3, -0.25) is 9.78 Å². The van der Waals surface area contributed by atoms with Gasteiger partial charge < -0.3 is 15.0 Å². The molecule has 0 aliphatic rings. The van der Waals surface area contributed by atoms with Crippen LogP contribution in [0.1, 0.15) is 32.1 Å². The summed E-state index contributed by atoms with van der Waals surface area (Å²) in [7, 11) is 0. The number of benzene rings is 1. The molecule has 1 amide bonds. The van der Waals surface area contributed by atoms with E-state index in [1.165, 1.54) is 23.5 Å². The Balaban J connectivity index is 1.52. The molecular weight excluding hydrogens is 400 g/mol. The molecular formula is C22H18N4O3S. The summed E-state index contributed by atoms with van der Waals surface area (Å²) in [6, 6.07) is 11.7. The van der Waals surface area contributed by atoms with Gasteiger partial charge in [-0.25, -0.2) is 9.78 Å². The minimum Gasteiger partial charge on any atom is -0.478 e. The van der Waals surface area contributed by atoms with Gasteiger partial charge in [-0.05, 0) is 55.0 Å². The van der Waals surface area contributed by atoms with Crippen LogP contribution in [-0.4, -0.2) is 31.5 Å². The molecule has 0 spiro atoms. The van der Waals surface area contributed by atoms with Crippen molar-refractivity contribution in [2.45, 2.75) is 13.5 Å². The van der Waals surface area contributed by atoms with Crippen LogP contribution in [0.3, 0.4) is 0 Å². The van der Waals surface area contributed by atoms with Gasteiger partial charge in [-0.15, -0.1) is 11.3 Å². The molecule has 3 heterocycles. The van der Waals surface area contributed by atoms with Crippen molar-refractivity contribution in [3.05, 3.63) is 88.9 Å². The number of rotatable bonds is 6. The van der Waals surface area contributed by atoms with E-state index in [0.717, 1.165) is 21.8 Å². The van der Waals surface area contributed by atoms with Crippen molar-refractivity contribution in [3.63, 3.8) is 0 Å². The number of aromatic carboxylic acids is 1. The molecule has 0 atom stereocenters. The lowest BCUT2D eigenvalue weighted by Gasteiger charge is -2.09. The summed E-state index contributed by atoms with van der Waals surface area (Å²) in [4.78, 5) is 32.6. The zero-order chi connectivity index (χ0) is 21.1. The van der Waals surface area contributed by atoms with Crippen molar-refractivity contribution in [3.8, 4) is 10.6 Å². The second-order valence-corrected chi connectivity index (χ2v) is 7.61. The maximum atomic E-state index is 12.8.